The monoisotopic (exact) mass is 309 g/mol. The number of aryl methyl sites for hydroxylation is 1. The molecule has 1 aromatic heterocycles. The summed E-state index contributed by atoms with van der Waals surface area (Å²) in [6.45, 7) is -0.495. The molecule has 0 saturated carbocycles. The van der Waals surface area contributed by atoms with Gasteiger partial charge in [-0.05, 0) is 24.3 Å². The summed E-state index contributed by atoms with van der Waals surface area (Å²) in [4.78, 5) is 28.1. The van der Waals surface area contributed by atoms with Gasteiger partial charge in [0.15, 0.2) is 0 Å². The van der Waals surface area contributed by atoms with Crippen LogP contribution in [0.1, 0.15) is 0 Å². The average Bonchev–Trinajstić information content (AvgIpc) is 2.82. The first-order valence-electron chi connectivity index (χ1n) is 5.87. The molecule has 0 spiro atoms. The maximum Gasteiger partial charge on any atom is 0.329 e. The third-order valence-electron chi connectivity index (χ3n) is 2.61. The Labute approximate surface area is 125 Å². The first-order valence-corrected chi connectivity index (χ1v) is 6.25. The highest BCUT2D eigenvalue weighted by atomic mass is 35.5. The van der Waals surface area contributed by atoms with Crippen molar-refractivity contribution in [1.82, 2.24) is 14.8 Å². The van der Waals surface area contributed by atoms with Gasteiger partial charge in [-0.15, -0.1) is 0 Å². The molecule has 0 fully saturated rings. The van der Waals surface area contributed by atoms with Gasteiger partial charge in [-0.3, -0.25) is 15.0 Å². The van der Waals surface area contributed by atoms with Crippen molar-refractivity contribution in [3.8, 4) is 0 Å². The molecule has 1 heterocycles. The Kier molecular flexibility index (Phi) is 4.39. The van der Waals surface area contributed by atoms with Gasteiger partial charge < -0.3 is 5.11 Å². The number of nitrogens with zero attached hydrogens (tertiary/aromatic N) is 4. The van der Waals surface area contributed by atoms with Crippen molar-refractivity contribution in [2.24, 2.45) is 7.05 Å². The van der Waals surface area contributed by atoms with Crippen molar-refractivity contribution in [3.63, 3.8) is 0 Å². The van der Waals surface area contributed by atoms with Crippen LogP contribution in [-0.4, -0.2) is 38.4 Å². The summed E-state index contributed by atoms with van der Waals surface area (Å²) in [6, 6.07) is 5.63. The van der Waals surface area contributed by atoms with Gasteiger partial charge in [0.2, 0.25) is 5.95 Å². The molecule has 0 aliphatic heterocycles. The van der Waals surface area contributed by atoms with Gasteiger partial charge in [0, 0.05) is 17.8 Å². The van der Waals surface area contributed by atoms with Gasteiger partial charge in [-0.1, -0.05) is 11.6 Å². The van der Waals surface area contributed by atoms with E-state index in [2.05, 4.69) is 15.4 Å². The van der Waals surface area contributed by atoms with Crippen LogP contribution in [0.2, 0.25) is 5.02 Å². The minimum Gasteiger partial charge on any atom is -0.480 e. The van der Waals surface area contributed by atoms with Gasteiger partial charge in [-0.25, -0.2) is 9.48 Å². The second-order valence-electron chi connectivity index (χ2n) is 4.09. The van der Waals surface area contributed by atoms with E-state index in [-0.39, 0.29) is 5.95 Å². The van der Waals surface area contributed by atoms with Gasteiger partial charge in [0.25, 0.3) is 0 Å². The van der Waals surface area contributed by atoms with Crippen LogP contribution in [-0.2, 0) is 11.8 Å². The van der Waals surface area contributed by atoms with Crippen molar-refractivity contribution in [3.05, 3.63) is 35.6 Å². The smallest absolute Gasteiger partial charge is 0.329 e. The lowest BCUT2D eigenvalue weighted by Crippen LogP contribution is -2.39. The normalized spacial score (nSPS) is 10.2. The summed E-state index contributed by atoms with van der Waals surface area (Å²) >= 11 is 5.78. The van der Waals surface area contributed by atoms with E-state index in [4.69, 9.17) is 16.7 Å². The average molecular weight is 310 g/mol. The molecule has 0 aliphatic rings. The van der Waals surface area contributed by atoms with Crippen LogP contribution in [0.4, 0.5) is 16.4 Å². The highest BCUT2D eigenvalue weighted by Gasteiger charge is 2.20. The van der Waals surface area contributed by atoms with Gasteiger partial charge in [0.05, 0.1) is 0 Å². The van der Waals surface area contributed by atoms with E-state index in [0.29, 0.717) is 10.7 Å². The predicted octanol–water partition coefficient (Wildman–Crippen LogP) is 1.59. The first kappa shape index (κ1) is 14.8. The van der Waals surface area contributed by atoms with Crippen LogP contribution < -0.4 is 10.2 Å². The lowest BCUT2D eigenvalue weighted by atomic mass is 10.3. The van der Waals surface area contributed by atoms with Crippen LogP contribution in [0, 0.1) is 0 Å². The van der Waals surface area contributed by atoms with E-state index in [1.54, 1.807) is 31.3 Å². The molecule has 2 N–H and O–H groups in total. The van der Waals surface area contributed by atoms with Crippen LogP contribution in [0.25, 0.3) is 0 Å². The Balaban J connectivity index is 2.23. The van der Waals surface area contributed by atoms with Crippen LogP contribution >= 0.6 is 11.6 Å². The highest BCUT2D eigenvalue weighted by Crippen LogP contribution is 2.18. The number of aromatic nitrogens is 3. The van der Waals surface area contributed by atoms with E-state index in [9.17, 15) is 9.59 Å². The second-order valence-corrected chi connectivity index (χ2v) is 4.53. The lowest BCUT2D eigenvalue weighted by molar-refractivity contribution is -0.135. The van der Waals surface area contributed by atoms with Crippen LogP contribution in [0.5, 0.6) is 0 Å². The number of urea groups is 1. The van der Waals surface area contributed by atoms with E-state index < -0.39 is 18.5 Å². The molecular weight excluding hydrogens is 298 g/mol. The zero-order chi connectivity index (χ0) is 15.4. The first-order chi connectivity index (χ1) is 9.97. The Morgan fingerprint density at radius 1 is 1.38 bits per heavy atom. The number of amides is 2. The Morgan fingerprint density at radius 3 is 2.57 bits per heavy atom. The summed E-state index contributed by atoms with van der Waals surface area (Å²) in [5.41, 5.74) is 0.404. The van der Waals surface area contributed by atoms with Crippen molar-refractivity contribution in [1.29, 1.82) is 0 Å². The van der Waals surface area contributed by atoms with Gasteiger partial charge in [-0.2, -0.15) is 10.1 Å². The molecule has 0 aliphatic carbocycles. The number of hydrogen-bond donors (Lipinski definition) is 2. The Hall–Kier alpha value is -2.61. The summed E-state index contributed by atoms with van der Waals surface area (Å²) < 4.78 is 1.36. The lowest BCUT2D eigenvalue weighted by Gasteiger charge is -2.20. The van der Waals surface area contributed by atoms with Gasteiger partial charge >= 0.3 is 12.0 Å². The Morgan fingerprint density at radius 2 is 2.05 bits per heavy atom. The molecule has 2 amide bonds. The fraction of sp³-hybridized carbons (Fsp3) is 0.167. The summed E-state index contributed by atoms with van der Waals surface area (Å²) in [7, 11) is 1.60. The molecule has 2 aromatic rings. The highest BCUT2D eigenvalue weighted by molar-refractivity contribution is 6.30. The standard InChI is InChI=1S/C12H12ClN5O3/c1-17-11(14-7-15-17)16-12(21)18(6-10(19)20)9-4-2-8(13)3-5-9/h2-5,7H,6H2,1H3,(H,19,20)(H,14,15,16,21). The quantitative estimate of drug-likeness (QED) is 0.893. The number of aliphatic carboxylic acids is 1. The van der Waals surface area contributed by atoms with Crippen molar-refractivity contribution in [2.45, 2.75) is 0 Å². The summed E-state index contributed by atoms with van der Waals surface area (Å²) in [6.07, 6.45) is 1.28. The number of carbonyl (C=O) groups is 2. The number of rotatable bonds is 4. The largest absolute Gasteiger partial charge is 0.480 e. The van der Waals surface area contributed by atoms with Crippen molar-refractivity contribution in [2.75, 3.05) is 16.8 Å². The minimum absolute atomic E-state index is 0.212. The molecule has 9 heteroatoms. The third kappa shape index (κ3) is 3.69. The maximum absolute atomic E-state index is 12.2. The molecule has 110 valence electrons. The molecule has 2 rings (SSSR count). The number of nitrogens with one attached hydrogen (secondary N) is 1. The number of hydrogen-bond acceptors (Lipinski definition) is 4. The number of anilines is 2. The zero-order valence-electron chi connectivity index (χ0n) is 11.0. The Bertz CT molecular complexity index is 655. The fourth-order valence-electron chi connectivity index (χ4n) is 1.61. The van der Waals surface area contributed by atoms with E-state index >= 15 is 0 Å². The molecule has 0 bridgehead atoms. The van der Waals surface area contributed by atoms with E-state index in [0.717, 1.165) is 4.90 Å². The maximum atomic E-state index is 12.2. The fourth-order valence-corrected chi connectivity index (χ4v) is 1.74. The topological polar surface area (TPSA) is 100 Å². The molecule has 21 heavy (non-hydrogen) atoms. The summed E-state index contributed by atoms with van der Waals surface area (Å²) in [5.74, 6) is -0.928. The number of carbonyl (C=O) groups excluding carboxylic acids is 1. The number of benzene rings is 1. The molecule has 0 atom stereocenters. The van der Waals surface area contributed by atoms with Crippen LogP contribution in [0.15, 0.2) is 30.6 Å². The number of carboxylic acid groups (broad SMARTS) is 1. The third-order valence-corrected chi connectivity index (χ3v) is 2.86. The minimum atomic E-state index is -1.14. The molecule has 0 unspecified atom stereocenters. The van der Waals surface area contributed by atoms with Gasteiger partial charge in [0.1, 0.15) is 12.9 Å². The second kappa shape index (κ2) is 6.23. The predicted molar refractivity (Wildman–Crippen MR) is 76.5 cm³/mol. The number of carboxylic acids is 1. The van der Waals surface area contributed by atoms with Crippen molar-refractivity contribution >= 4 is 35.2 Å². The molecule has 8 nitrogen and oxygen atoms in total. The SMILES string of the molecule is Cn1ncnc1NC(=O)N(CC(=O)O)c1ccc(Cl)cc1. The van der Waals surface area contributed by atoms with E-state index in [1.807, 2.05) is 0 Å². The molecule has 0 radical (unpaired) electrons. The zero-order valence-corrected chi connectivity index (χ0v) is 11.8. The summed E-state index contributed by atoms with van der Waals surface area (Å²) in [5, 5.41) is 15.7. The molecule has 0 saturated heterocycles. The van der Waals surface area contributed by atoms with Crippen LogP contribution in [0.3, 0.4) is 0 Å². The van der Waals surface area contributed by atoms with E-state index in [1.165, 1.54) is 11.0 Å². The van der Waals surface area contributed by atoms with Crippen molar-refractivity contribution < 1.29 is 14.7 Å². The number of halogens is 1. The molecular formula is C12H12ClN5O3. The molecule has 1 aromatic carbocycles.